The number of quaternary nitrogens is 1. The monoisotopic (exact) mass is 408 g/mol. The molecule has 2 bridgehead atoms. The molecule has 2 aromatic rings. The van der Waals surface area contributed by atoms with Crippen molar-refractivity contribution in [3.8, 4) is 6.07 Å². The summed E-state index contributed by atoms with van der Waals surface area (Å²) in [6, 6.07) is 19.4. The molecule has 4 aliphatic rings. The first-order chi connectivity index (χ1) is 15.1. The molecule has 154 valence electrons. The fraction of sp³-hybridized carbons (Fsp3) is 0.333. The number of para-hydroxylation sites is 1. The molecule has 0 amide bonds. The molecule has 2 fully saturated rings. The predicted octanol–water partition coefficient (Wildman–Crippen LogP) is 4.44. The first-order valence-electron chi connectivity index (χ1n) is 11.2. The van der Waals surface area contributed by atoms with Gasteiger partial charge in [-0.2, -0.15) is 5.26 Å². The number of nitrogens with one attached hydrogen (secondary N) is 1. The number of benzene rings is 2. The summed E-state index contributed by atoms with van der Waals surface area (Å²) >= 11 is 0. The van der Waals surface area contributed by atoms with E-state index in [1.807, 2.05) is 12.1 Å². The number of allylic oxidation sites excluding steroid dienone is 2. The van der Waals surface area contributed by atoms with Crippen molar-refractivity contribution in [1.29, 1.82) is 5.26 Å². The van der Waals surface area contributed by atoms with Crippen molar-refractivity contribution < 1.29 is 9.28 Å². The molecule has 1 spiro atoms. The topological polar surface area (TPSA) is 52.9 Å². The van der Waals surface area contributed by atoms with E-state index < -0.39 is 0 Å². The highest BCUT2D eigenvalue weighted by atomic mass is 16.1. The zero-order valence-electron chi connectivity index (χ0n) is 17.8. The van der Waals surface area contributed by atoms with E-state index in [0.717, 1.165) is 48.8 Å². The third-order valence-corrected chi connectivity index (χ3v) is 8.44. The van der Waals surface area contributed by atoms with Gasteiger partial charge in [-0.1, -0.05) is 36.4 Å². The Morgan fingerprint density at radius 3 is 2.77 bits per heavy atom. The van der Waals surface area contributed by atoms with Gasteiger partial charge in [0.15, 0.2) is 0 Å². The lowest BCUT2D eigenvalue weighted by Gasteiger charge is -2.53. The van der Waals surface area contributed by atoms with Gasteiger partial charge in [-0.05, 0) is 36.3 Å². The van der Waals surface area contributed by atoms with E-state index in [-0.39, 0.29) is 11.3 Å². The number of nitriles is 1. The van der Waals surface area contributed by atoms with Crippen LogP contribution in [-0.2, 0) is 16.8 Å². The van der Waals surface area contributed by atoms with E-state index in [1.165, 1.54) is 28.1 Å². The van der Waals surface area contributed by atoms with Crippen LogP contribution < -0.4 is 5.32 Å². The summed E-state index contributed by atoms with van der Waals surface area (Å²) in [5.74, 6) is 0.225. The van der Waals surface area contributed by atoms with Crippen LogP contribution in [0.5, 0.6) is 0 Å². The second-order valence-corrected chi connectivity index (χ2v) is 9.57. The number of hydrogen-bond donors (Lipinski definition) is 1. The first kappa shape index (κ1) is 18.6. The van der Waals surface area contributed by atoms with E-state index in [2.05, 4.69) is 60.8 Å². The Morgan fingerprint density at radius 1 is 1.23 bits per heavy atom. The van der Waals surface area contributed by atoms with Gasteiger partial charge in [0.2, 0.25) is 0 Å². The number of hydrogen-bond acceptors (Lipinski definition) is 3. The van der Waals surface area contributed by atoms with Crippen LogP contribution in [0.15, 0.2) is 71.5 Å². The van der Waals surface area contributed by atoms with Gasteiger partial charge in [-0.25, -0.2) is 0 Å². The maximum Gasteiger partial charge on any atom is 0.148 e. The van der Waals surface area contributed by atoms with Crippen LogP contribution in [-0.4, -0.2) is 29.9 Å². The summed E-state index contributed by atoms with van der Waals surface area (Å²) in [5, 5.41) is 12.9. The van der Waals surface area contributed by atoms with Crippen LogP contribution in [0.4, 0.5) is 5.69 Å². The van der Waals surface area contributed by atoms with Gasteiger partial charge in [0, 0.05) is 41.3 Å². The normalized spacial score (nSPS) is 33.5. The Morgan fingerprint density at radius 2 is 2.03 bits per heavy atom. The van der Waals surface area contributed by atoms with Crippen molar-refractivity contribution in [2.75, 3.05) is 18.4 Å². The van der Waals surface area contributed by atoms with Gasteiger partial charge in [0.05, 0.1) is 23.6 Å². The molecular weight excluding hydrogens is 382 g/mol. The number of anilines is 1. The Bertz CT molecular complexity index is 1200. The van der Waals surface area contributed by atoms with Gasteiger partial charge < -0.3 is 9.80 Å². The molecule has 4 heteroatoms. The second-order valence-electron chi connectivity index (χ2n) is 9.57. The Labute approximate surface area is 183 Å². The minimum absolute atomic E-state index is 0.0881. The second kappa shape index (κ2) is 6.42. The molecule has 2 unspecified atom stereocenters. The molecule has 31 heavy (non-hydrogen) atoms. The molecule has 3 aliphatic heterocycles. The molecule has 0 saturated carbocycles. The maximum atomic E-state index is 12.4. The molecule has 0 radical (unpaired) electrons. The number of aldehydes is 1. The molecule has 2 aromatic carbocycles. The average molecular weight is 409 g/mol. The van der Waals surface area contributed by atoms with E-state index in [9.17, 15) is 10.1 Å². The largest absolute Gasteiger partial charge is 0.357 e. The van der Waals surface area contributed by atoms with Crippen molar-refractivity contribution >= 4 is 12.0 Å². The van der Waals surface area contributed by atoms with Crippen molar-refractivity contribution in [2.45, 2.75) is 37.8 Å². The summed E-state index contributed by atoms with van der Waals surface area (Å²) in [4.78, 5) is 12.4. The van der Waals surface area contributed by atoms with Gasteiger partial charge in [0.25, 0.3) is 0 Å². The Balaban J connectivity index is 1.54. The Hall–Kier alpha value is -3.16. The minimum atomic E-state index is -0.0881. The zero-order chi connectivity index (χ0) is 21.2. The lowest BCUT2D eigenvalue weighted by atomic mass is 9.61. The summed E-state index contributed by atoms with van der Waals surface area (Å²) in [5.41, 5.74) is 7.99. The number of fused-ring (bicyclic) bond motifs is 2. The average Bonchev–Trinajstić information content (AvgIpc) is 3.33. The van der Waals surface area contributed by atoms with E-state index in [0.29, 0.717) is 11.6 Å². The highest BCUT2D eigenvalue weighted by Gasteiger charge is 2.68. The zero-order valence-corrected chi connectivity index (χ0v) is 17.8. The van der Waals surface area contributed by atoms with Crippen molar-refractivity contribution in [3.63, 3.8) is 0 Å². The maximum absolute atomic E-state index is 12.4. The van der Waals surface area contributed by atoms with Crippen molar-refractivity contribution in [1.82, 2.24) is 0 Å². The number of piperidine rings is 1. The fourth-order valence-corrected chi connectivity index (χ4v) is 7.18. The number of nitrogens with zero attached hydrogens (tertiary/aromatic N) is 2. The molecule has 4 nitrogen and oxygen atoms in total. The molecule has 2 saturated heterocycles. The SMILES string of the molecule is C/C=C1/C[N+]2(Cc3ccc(C#N)cc3)CC[C@]34C(=C(C=O)[C@H]1CC32)Nc1ccccc14. The third-order valence-electron chi connectivity index (χ3n) is 8.44. The van der Waals surface area contributed by atoms with E-state index in [1.54, 1.807) is 0 Å². The standard InChI is InChI=1S/C27H25N3O/c1-2-20-16-30(15-19-9-7-18(14-28)8-10-19)12-11-27-23-5-3-4-6-24(23)29-26(27)22(17-31)21(20)13-25(27)30/h2-10,17,21,25H,11-13,15-16H2,1H3/p+1/b20-2-/t21-,25?,27+,30?/m0/s1. The number of carbonyl (C=O) groups is 1. The summed E-state index contributed by atoms with van der Waals surface area (Å²) in [7, 11) is 0. The van der Waals surface area contributed by atoms with Gasteiger partial charge in [0.1, 0.15) is 25.4 Å². The molecule has 1 aliphatic carbocycles. The van der Waals surface area contributed by atoms with Gasteiger partial charge in [-0.3, -0.25) is 4.79 Å². The predicted molar refractivity (Wildman–Crippen MR) is 120 cm³/mol. The smallest absolute Gasteiger partial charge is 0.148 e. The highest BCUT2D eigenvalue weighted by Crippen LogP contribution is 2.63. The van der Waals surface area contributed by atoms with Crippen LogP contribution >= 0.6 is 0 Å². The van der Waals surface area contributed by atoms with Crippen LogP contribution in [0.1, 0.15) is 36.5 Å². The van der Waals surface area contributed by atoms with Crippen LogP contribution in [0.3, 0.4) is 0 Å². The number of rotatable bonds is 3. The van der Waals surface area contributed by atoms with Gasteiger partial charge >= 0.3 is 0 Å². The number of carbonyl (C=O) groups excluding carboxylic acids is 1. The molecule has 6 rings (SSSR count). The van der Waals surface area contributed by atoms with Crippen LogP contribution in [0.25, 0.3) is 0 Å². The lowest BCUT2D eigenvalue weighted by Crippen LogP contribution is -2.62. The quantitative estimate of drug-likeness (QED) is 0.464. The third kappa shape index (κ3) is 2.30. The molecule has 3 heterocycles. The molecule has 1 N–H and O–H groups in total. The van der Waals surface area contributed by atoms with Gasteiger partial charge in [-0.15, -0.1) is 0 Å². The van der Waals surface area contributed by atoms with Crippen molar-refractivity contribution in [2.24, 2.45) is 5.92 Å². The molecule has 0 aromatic heterocycles. The summed E-state index contributed by atoms with van der Waals surface area (Å²) in [6.07, 6.45) is 5.47. The molecule has 4 atom stereocenters. The van der Waals surface area contributed by atoms with Crippen molar-refractivity contribution in [3.05, 3.63) is 88.1 Å². The lowest BCUT2D eigenvalue weighted by molar-refractivity contribution is -0.954. The van der Waals surface area contributed by atoms with Crippen LogP contribution in [0.2, 0.25) is 0 Å². The Kier molecular flexibility index (Phi) is 3.85. The summed E-state index contributed by atoms with van der Waals surface area (Å²) in [6.45, 7) is 5.19. The first-order valence-corrected chi connectivity index (χ1v) is 11.2. The summed E-state index contributed by atoms with van der Waals surface area (Å²) < 4.78 is 1.04. The minimum Gasteiger partial charge on any atom is -0.357 e. The van der Waals surface area contributed by atoms with Crippen LogP contribution in [0, 0.1) is 17.2 Å². The van der Waals surface area contributed by atoms with E-state index in [4.69, 9.17) is 0 Å². The van der Waals surface area contributed by atoms with E-state index >= 15 is 0 Å². The fourth-order valence-electron chi connectivity index (χ4n) is 7.18. The molecular formula is C27H26N3O+. The highest BCUT2D eigenvalue weighted by molar-refractivity contribution is 5.84.